The molecule has 2 aromatic heterocycles. The van der Waals surface area contributed by atoms with Crippen LogP contribution in [0, 0.1) is 11.8 Å². The third kappa shape index (κ3) is 6.83. The maximum atomic E-state index is 11.3. The molecule has 1 aromatic carbocycles. The molecule has 1 aliphatic rings. The van der Waals surface area contributed by atoms with Crippen molar-refractivity contribution in [2.75, 3.05) is 26.7 Å². The number of aliphatic hydroxyl groups excluding tert-OH is 1. The zero-order valence-electron chi connectivity index (χ0n) is 20.4. The number of hydrogen-bond acceptors (Lipinski definition) is 6. The molecule has 1 saturated heterocycles. The van der Waals surface area contributed by atoms with Crippen molar-refractivity contribution in [1.82, 2.24) is 9.88 Å². The lowest BCUT2D eigenvalue weighted by Crippen LogP contribution is -2.41. The Morgan fingerprint density at radius 3 is 2.91 bits per heavy atom. The number of piperidine rings is 1. The Kier molecular flexibility index (Phi) is 8.77. The number of furan rings is 1. The number of pyridine rings is 1. The van der Waals surface area contributed by atoms with Crippen LogP contribution in [0.3, 0.4) is 0 Å². The maximum Gasteiger partial charge on any atom is 0.303 e. The fourth-order valence-electron chi connectivity index (χ4n) is 5.40. The number of aliphatic carboxylic acids is 1. The second-order valence-electron chi connectivity index (χ2n) is 9.60. The van der Waals surface area contributed by atoms with Gasteiger partial charge in [0.05, 0.1) is 25.0 Å². The van der Waals surface area contributed by atoms with Crippen LogP contribution in [-0.4, -0.2) is 52.8 Å². The van der Waals surface area contributed by atoms with E-state index in [0.29, 0.717) is 24.7 Å². The summed E-state index contributed by atoms with van der Waals surface area (Å²) in [6.45, 7) is 2.92. The van der Waals surface area contributed by atoms with Crippen LogP contribution in [0.25, 0.3) is 10.9 Å². The largest absolute Gasteiger partial charge is 0.497 e. The first-order valence-electron chi connectivity index (χ1n) is 12.6. The standard InChI is InChI=1S/C28H36N2O5/c1-34-23-8-9-26-25(18-23)24(12-14-29-26)27(31)10-6-20-13-16-30(19-21(20)7-11-28(32)33)15-2-4-22-5-3-17-35-22/h3,5,8-9,12,14,17-18,20-21,27,31H,2,4,6-7,10-11,13,15-16,19H2,1H3,(H,32,33)/t20-,21-,27-/m1/s1. The van der Waals surface area contributed by atoms with Crippen molar-refractivity contribution >= 4 is 16.9 Å². The van der Waals surface area contributed by atoms with Gasteiger partial charge in [-0.15, -0.1) is 0 Å². The molecule has 0 aliphatic carbocycles. The number of benzene rings is 1. The summed E-state index contributed by atoms with van der Waals surface area (Å²) in [4.78, 5) is 18.2. The lowest BCUT2D eigenvalue weighted by molar-refractivity contribution is -0.137. The van der Waals surface area contributed by atoms with Crippen LogP contribution in [0.4, 0.5) is 0 Å². The van der Waals surface area contributed by atoms with E-state index in [1.807, 2.05) is 36.4 Å². The minimum absolute atomic E-state index is 0.193. The molecule has 3 heterocycles. The number of fused-ring (bicyclic) bond motifs is 1. The van der Waals surface area contributed by atoms with E-state index in [0.717, 1.165) is 73.3 Å². The number of likely N-dealkylation sites (tertiary alicyclic amines) is 1. The van der Waals surface area contributed by atoms with Crippen molar-refractivity contribution in [3.8, 4) is 5.75 Å². The van der Waals surface area contributed by atoms with Crippen LogP contribution in [-0.2, 0) is 11.2 Å². The third-order valence-electron chi connectivity index (χ3n) is 7.33. The first-order chi connectivity index (χ1) is 17.0. The van der Waals surface area contributed by atoms with Gasteiger partial charge < -0.3 is 24.3 Å². The van der Waals surface area contributed by atoms with Crippen molar-refractivity contribution in [3.63, 3.8) is 0 Å². The van der Waals surface area contributed by atoms with Crippen molar-refractivity contribution < 1.29 is 24.2 Å². The maximum absolute atomic E-state index is 11.3. The molecule has 188 valence electrons. The molecular formula is C28H36N2O5. The molecule has 2 N–H and O–H groups in total. The molecule has 0 bridgehead atoms. The fraction of sp³-hybridized carbons (Fsp3) is 0.500. The summed E-state index contributed by atoms with van der Waals surface area (Å²) in [6, 6.07) is 11.5. The lowest BCUT2D eigenvalue weighted by Gasteiger charge is -2.39. The van der Waals surface area contributed by atoms with Gasteiger partial charge in [-0.3, -0.25) is 9.78 Å². The van der Waals surface area contributed by atoms with Crippen molar-refractivity contribution in [2.24, 2.45) is 11.8 Å². The molecule has 3 atom stereocenters. The second-order valence-corrected chi connectivity index (χ2v) is 9.60. The minimum Gasteiger partial charge on any atom is -0.497 e. The average Bonchev–Trinajstić information content (AvgIpc) is 3.39. The summed E-state index contributed by atoms with van der Waals surface area (Å²) >= 11 is 0. The number of hydrogen-bond donors (Lipinski definition) is 2. The molecule has 4 rings (SSSR count). The van der Waals surface area contributed by atoms with Gasteiger partial charge in [-0.2, -0.15) is 0 Å². The topological polar surface area (TPSA) is 96.0 Å². The first-order valence-corrected chi connectivity index (χ1v) is 12.6. The molecule has 3 aromatic rings. The number of aryl methyl sites for hydroxylation is 1. The molecule has 0 radical (unpaired) electrons. The Morgan fingerprint density at radius 1 is 1.26 bits per heavy atom. The number of carboxylic acid groups (broad SMARTS) is 1. The number of nitrogens with zero attached hydrogens (tertiary/aromatic N) is 2. The Hall–Kier alpha value is -2.90. The molecule has 1 aliphatic heterocycles. The van der Waals surface area contributed by atoms with E-state index in [9.17, 15) is 15.0 Å². The highest BCUT2D eigenvalue weighted by molar-refractivity contribution is 5.83. The number of carbonyl (C=O) groups is 1. The van der Waals surface area contributed by atoms with Crippen LogP contribution in [0.1, 0.15) is 56.0 Å². The second kappa shape index (κ2) is 12.2. The van der Waals surface area contributed by atoms with Crippen molar-refractivity contribution in [1.29, 1.82) is 0 Å². The Morgan fingerprint density at radius 2 is 2.14 bits per heavy atom. The van der Waals surface area contributed by atoms with E-state index < -0.39 is 12.1 Å². The van der Waals surface area contributed by atoms with Crippen molar-refractivity contribution in [3.05, 3.63) is 60.2 Å². The Labute approximate surface area is 206 Å². The first kappa shape index (κ1) is 25.2. The summed E-state index contributed by atoms with van der Waals surface area (Å²) in [6.07, 6.45) is 8.22. The molecule has 35 heavy (non-hydrogen) atoms. The highest BCUT2D eigenvalue weighted by atomic mass is 16.5. The molecule has 7 heteroatoms. The van der Waals surface area contributed by atoms with E-state index in [1.165, 1.54) is 0 Å². The quantitative estimate of drug-likeness (QED) is 0.373. The van der Waals surface area contributed by atoms with Gasteiger partial charge in [0.15, 0.2) is 0 Å². The zero-order valence-corrected chi connectivity index (χ0v) is 20.4. The summed E-state index contributed by atoms with van der Waals surface area (Å²) in [5.74, 6) is 1.75. The SMILES string of the molecule is COc1ccc2nccc([C@H](O)CC[C@@H]3CCN(CCCc4ccco4)C[C@H]3CCC(=O)O)c2c1. The normalized spacial score (nSPS) is 19.6. The number of carboxylic acids is 1. The molecule has 7 nitrogen and oxygen atoms in total. The van der Waals surface area contributed by atoms with Gasteiger partial charge in [-0.05, 0) is 99.0 Å². The van der Waals surface area contributed by atoms with E-state index >= 15 is 0 Å². The van der Waals surface area contributed by atoms with Gasteiger partial charge in [-0.1, -0.05) is 0 Å². The molecular weight excluding hydrogens is 444 g/mol. The van der Waals surface area contributed by atoms with Gasteiger partial charge in [0.25, 0.3) is 0 Å². The zero-order chi connectivity index (χ0) is 24.6. The predicted molar refractivity (Wildman–Crippen MR) is 134 cm³/mol. The van der Waals surface area contributed by atoms with Crippen LogP contribution < -0.4 is 4.74 Å². The Balaban J connectivity index is 1.36. The van der Waals surface area contributed by atoms with Crippen molar-refractivity contribution in [2.45, 2.75) is 51.0 Å². The average molecular weight is 481 g/mol. The summed E-state index contributed by atoms with van der Waals surface area (Å²) < 4.78 is 10.8. The van der Waals surface area contributed by atoms with Gasteiger partial charge >= 0.3 is 5.97 Å². The monoisotopic (exact) mass is 480 g/mol. The van der Waals surface area contributed by atoms with Crippen LogP contribution in [0.15, 0.2) is 53.3 Å². The number of ether oxygens (including phenoxy) is 1. The van der Waals surface area contributed by atoms with Gasteiger partial charge in [0, 0.05) is 31.0 Å². The van der Waals surface area contributed by atoms with E-state index in [-0.39, 0.29) is 6.42 Å². The molecule has 0 amide bonds. The number of aromatic nitrogens is 1. The van der Waals surface area contributed by atoms with E-state index in [4.69, 9.17) is 9.15 Å². The fourth-order valence-corrected chi connectivity index (χ4v) is 5.40. The number of rotatable bonds is 12. The predicted octanol–water partition coefficient (Wildman–Crippen LogP) is 5.09. The minimum atomic E-state index is -0.740. The highest BCUT2D eigenvalue weighted by Gasteiger charge is 2.30. The van der Waals surface area contributed by atoms with Gasteiger partial charge in [0.1, 0.15) is 11.5 Å². The smallest absolute Gasteiger partial charge is 0.303 e. The third-order valence-corrected chi connectivity index (χ3v) is 7.33. The molecule has 0 spiro atoms. The lowest BCUT2D eigenvalue weighted by atomic mass is 9.79. The van der Waals surface area contributed by atoms with Crippen LogP contribution in [0.5, 0.6) is 5.75 Å². The van der Waals surface area contributed by atoms with Crippen LogP contribution >= 0.6 is 0 Å². The number of methoxy groups -OCH3 is 1. The highest BCUT2D eigenvalue weighted by Crippen LogP contribution is 2.35. The van der Waals surface area contributed by atoms with E-state index in [2.05, 4.69) is 9.88 Å². The van der Waals surface area contributed by atoms with Gasteiger partial charge in [0.2, 0.25) is 0 Å². The van der Waals surface area contributed by atoms with Gasteiger partial charge in [-0.25, -0.2) is 0 Å². The molecule has 0 saturated carbocycles. The molecule has 1 fully saturated rings. The summed E-state index contributed by atoms with van der Waals surface area (Å²) in [5, 5.41) is 21.3. The Bertz CT molecular complexity index is 1080. The number of aliphatic hydroxyl groups is 1. The van der Waals surface area contributed by atoms with Crippen LogP contribution in [0.2, 0.25) is 0 Å². The summed E-state index contributed by atoms with van der Waals surface area (Å²) in [5.41, 5.74) is 1.70. The summed E-state index contributed by atoms with van der Waals surface area (Å²) in [7, 11) is 1.63. The molecule has 0 unspecified atom stereocenters. The van der Waals surface area contributed by atoms with E-state index in [1.54, 1.807) is 19.6 Å².